The van der Waals surface area contributed by atoms with Crippen LogP contribution in [0.4, 0.5) is 0 Å². The minimum Gasteiger partial charge on any atom is -0.481 e. The van der Waals surface area contributed by atoms with Gasteiger partial charge in [-0.1, -0.05) is 6.92 Å². The van der Waals surface area contributed by atoms with E-state index in [-0.39, 0.29) is 0 Å². The third-order valence-corrected chi connectivity index (χ3v) is 2.67. The van der Waals surface area contributed by atoms with Gasteiger partial charge >= 0.3 is 0 Å². The zero-order valence-electron chi connectivity index (χ0n) is 11.5. The number of methoxy groups -OCH3 is 1. The highest BCUT2D eigenvalue weighted by Gasteiger charge is 2.10. The van der Waals surface area contributed by atoms with Crippen LogP contribution in [0.15, 0.2) is 12.4 Å². The summed E-state index contributed by atoms with van der Waals surface area (Å²) in [6.07, 6.45) is 3.38. The Morgan fingerprint density at radius 2 is 2.17 bits per heavy atom. The van der Waals surface area contributed by atoms with E-state index in [0.717, 1.165) is 38.3 Å². The van der Waals surface area contributed by atoms with Crippen molar-refractivity contribution in [3.63, 3.8) is 0 Å². The molecule has 1 N–H and O–H groups in total. The highest BCUT2D eigenvalue weighted by molar-refractivity contribution is 5.14. The summed E-state index contributed by atoms with van der Waals surface area (Å²) in [6, 6.07) is 2.26. The molecule has 1 unspecified atom stereocenters. The van der Waals surface area contributed by atoms with Gasteiger partial charge in [0.25, 0.3) is 0 Å². The van der Waals surface area contributed by atoms with Crippen LogP contribution in [-0.4, -0.2) is 42.9 Å². The lowest BCUT2D eigenvalue weighted by Gasteiger charge is -2.17. The first kappa shape index (κ1) is 14.9. The zero-order chi connectivity index (χ0) is 13.2. The smallest absolute Gasteiger partial charge is 0.216 e. The Morgan fingerprint density at radius 3 is 2.83 bits per heavy atom. The van der Waals surface area contributed by atoms with Gasteiger partial charge in [0.2, 0.25) is 5.88 Å². The van der Waals surface area contributed by atoms with Crippen LogP contribution in [0, 0.1) is 0 Å². The molecule has 1 heterocycles. The van der Waals surface area contributed by atoms with Crippen molar-refractivity contribution in [1.82, 2.24) is 15.3 Å². The number of nitrogens with zero attached hydrogens (tertiary/aromatic N) is 2. The first-order chi connectivity index (χ1) is 8.80. The number of rotatable bonds is 9. The predicted octanol–water partition coefficient (Wildman–Crippen LogP) is 1.43. The molecule has 1 aromatic rings. The maximum absolute atomic E-state index is 5.40. The van der Waals surface area contributed by atoms with E-state index >= 15 is 0 Å². The second-order valence-corrected chi connectivity index (χ2v) is 4.00. The van der Waals surface area contributed by atoms with Gasteiger partial charge in [-0.3, -0.25) is 0 Å². The Labute approximate surface area is 109 Å². The molecule has 0 radical (unpaired) electrons. The number of likely N-dealkylation sites (N-methyl/N-ethyl adjacent to an activating group) is 1. The summed E-state index contributed by atoms with van der Waals surface area (Å²) >= 11 is 0. The molecule has 18 heavy (non-hydrogen) atoms. The summed E-state index contributed by atoms with van der Waals surface area (Å²) in [4.78, 5) is 8.27. The summed E-state index contributed by atoms with van der Waals surface area (Å²) in [6.45, 7) is 6.60. The number of hydrogen-bond acceptors (Lipinski definition) is 5. The highest BCUT2D eigenvalue weighted by Crippen LogP contribution is 2.09. The van der Waals surface area contributed by atoms with Crippen molar-refractivity contribution in [2.75, 3.05) is 26.9 Å². The molecule has 102 valence electrons. The molecular formula is C13H23N3O2. The second-order valence-electron chi connectivity index (χ2n) is 4.00. The van der Waals surface area contributed by atoms with Gasteiger partial charge in [0, 0.05) is 37.4 Å². The van der Waals surface area contributed by atoms with E-state index in [1.165, 1.54) is 0 Å². The molecule has 1 aromatic heterocycles. The average molecular weight is 253 g/mol. The zero-order valence-corrected chi connectivity index (χ0v) is 11.5. The third-order valence-electron chi connectivity index (χ3n) is 2.67. The van der Waals surface area contributed by atoms with E-state index < -0.39 is 0 Å². The normalized spacial score (nSPS) is 12.4. The van der Waals surface area contributed by atoms with E-state index in [2.05, 4.69) is 22.2 Å². The lowest BCUT2D eigenvalue weighted by molar-refractivity contribution is 0.136. The Kier molecular flexibility index (Phi) is 7.29. The maximum Gasteiger partial charge on any atom is 0.216 e. The average Bonchev–Trinajstić information content (AvgIpc) is 2.39. The van der Waals surface area contributed by atoms with E-state index in [4.69, 9.17) is 9.47 Å². The third kappa shape index (κ3) is 5.42. The van der Waals surface area contributed by atoms with Crippen LogP contribution in [0.25, 0.3) is 0 Å². The SMILES string of the molecule is CCNC(CCOCC)Cc1cc(OC)ncn1. The molecule has 0 aliphatic carbocycles. The van der Waals surface area contributed by atoms with Crippen LogP contribution >= 0.6 is 0 Å². The topological polar surface area (TPSA) is 56.3 Å². The van der Waals surface area contributed by atoms with Crippen molar-refractivity contribution >= 4 is 0 Å². The van der Waals surface area contributed by atoms with Crippen LogP contribution in [0.1, 0.15) is 26.0 Å². The Bertz CT molecular complexity index is 334. The number of ether oxygens (including phenoxy) is 2. The van der Waals surface area contributed by atoms with Gasteiger partial charge in [0.1, 0.15) is 6.33 Å². The number of aromatic nitrogens is 2. The highest BCUT2D eigenvalue weighted by atomic mass is 16.5. The van der Waals surface area contributed by atoms with Crippen LogP contribution < -0.4 is 10.1 Å². The summed E-state index contributed by atoms with van der Waals surface area (Å²) in [7, 11) is 1.61. The van der Waals surface area contributed by atoms with E-state index in [9.17, 15) is 0 Å². The fourth-order valence-electron chi connectivity index (χ4n) is 1.79. The summed E-state index contributed by atoms with van der Waals surface area (Å²) in [5.41, 5.74) is 0.990. The van der Waals surface area contributed by atoms with E-state index in [1.807, 2.05) is 13.0 Å². The molecule has 0 saturated heterocycles. The van der Waals surface area contributed by atoms with Gasteiger partial charge in [-0.05, 0) is 19.9 Å². The van der Waals surface area contributed by atoms with E-state index in [0.29, 0.717) is 11.9 Å². The molecular weight excluding hydrogens is 230 g/mol. The van der Waals surface area contributed by atoms with Crippen molar-refractivity contribution in [1.29, 1.82) is 0 Å². The van der Waals surface area contributed by atoms with Crippen LogP contribution in [-0.2, 0) is 11.2 Å². The van der Waals surface area contributed by atoms with Crippen molar-refractivity contribution < 1.29 is 9.47 Å². The molecule has 0 spiro atoms. The van der Waals surface area contributed by atoms with Crippen molar-refractivity contribution in [2.24, 2.45) is 0 Å². The Balaban J connectivity index is 2.52. The fourth-order valence-corrected chi connectivity index (χ4v) is 1.79. The number of nitrogens with one attached hydrogen (secondary N) is 1. The summed E-state index contributed by atoms with van der Waals surface area (Å²) in [5, 5.41) is 3.45. The van der Waals surface area contributed by atoms with Crippen LogP contribution in [0.5, 0.6) is 5.88 Å². The number of hydrogen-bond donors (Lipinski definition) is 1. The molecule has 0 bridgehead atoms. The quantitative estimate of drug-likeness (QED) is 0.675. The van der Waals surface area contributed by atoms with Gasteiger partial charge in [-0.2, -0.15) is 0 Å². The standard InChI is InChI=1S/C13H23N3O2/c1-4-14-11(6-7-18-5-2)8-12-9-13(17-3)16-10-15-12/h9-11,14H,4-8H2,1-3H3. The van der Waals surface area contributed by atoms with Crippen molar-refractivity contribution in [2.45, 2.75) is 32.7 Å². The van der Waals surface area contributed by atoms with Gasteiger partial charge in [0.05, 0.1) is 7.11 Å². The summed E-state index contributed by atoms with van der Waals surface area (Å²) < 4.78 is 10.5. The lowest BCUT2D eigenvalue weighted by atomic mass is 10.1. The molecule has 0 aliphatic heterocycles. The molecule has 1 atom stereocenters. The molecule has 5 heteroatoms. The molecule has 0 saturated carbocycles. The van der Waals surface area contributed by atoms with Gasteiger partial charge in [0.15, 0.2) is 0 Å². The first-order valence-corrected chi connectivity index (χ1v) is 6.46. The second kappa shape index (κ2) is 8.83. The van der Waals surface area contributed by atoms with Crippen molar-refractivity contribution in [3.8, 4) is 5.88 Å². The first-order valence-electron chi connectivity index (χ1n) is 6.46. The van der Waals surface area contributed by atoms with Gasteiger partial charge in [-0.25, -0.2) is 9.97 Å². The molecule has 0 aliphatic rings. The Hall–Kier alpha value is -1.20. The van der Waals surface area contributed by atoms with E-state index in [1.54, 1.807) is 13.4 Å². The molecule has 0 amide bonds. The van der Waals surface area contributed by atoms with Crippen LogP contribution in [0.3, 0.4) is 0 Å². The molecule has 0 aromatic carbocycles. The molecule has 1 rings (SSSR count). The molecule has 5 nitrogen and oxygen atoms in total. The monoisotopic (exact) mass is 253 g/mol. The fraction of sp³-hybridized carbons (Fsp3) is 0.692. The summed E-state index contributed by atoms with van der Waals surface area (Å²) in [5.74, 6) is 0.611. The molecule has 0 fully saturated rings. The van der Waals surface area contributed by atoms with Crippen molar-refractivity contribution in [3.05, 3.63) is 18.1 Å². The van der Waals surface area contributed by atoms with Crippen LogP contribution in [0.2, 0.25) is 0 Å². The minimum absolute atomic E-state index is 0.376. The largest absolute Gasteiger partial charge is 0.481 e. The van der Waals surface area contributed by atoms with Gasteiger partial charge in [-0.15, -0.1) is 0 Å². The van der Waals surface area contributed by atoms with Gasteiger partial charge < -0.3 is 14.8 Å². The predicted molar refractivity (Wildman–Crippen MR) is 70.9 cm³/mol. The maximum atomic E-state index is 5.40. The lowest BCUT2D eigenvalue weighted by Crippen LogP contribution is -2.32. The Morgan fingerprint density at radius 1 is 1.33 bits per heavy atom. The minimum atomic E-state index is 0.376.